The van der Waals surface area contributed by atoms with E-state index in [-0.39, 0.29) is 0 Å². The lowest BCUT2D eigenvalue weighted by Gasteiger charge is -2.14. The van der Waals surface area contributed by atoms with Crippen LogP contribution in [0, 0.1) is 11.8 Å². The highest BCUT2D eigenvalue weighted by atomic mass is 28.1. The molecular weight excluding hydrogens is 224 g/mol. The summed E-state index contributed by atoms with van der Waals surface area (Å²) in [4.78, 5) is 0. The standard InChI is InChI=1S/C15H20OSi/c17-8-7-16-14-5-3-12(4-6-14)15-10-11-1-2-13(15)9-11/h3-6,10-11,13H,1-2,7-9H2,17H3. The maximum atomic E-state index is 5.65. The Balaban J connectivity index is 1.74. The zero-order valence-corrected chi connectivity index (χ0v) is 12.5. The van der Waals surface area contributed by atoms with E-state index in [0.29, 0.717) is 0 Å². The summed E-state index contributed by atoms with van der Waals surface area (Å²) in [5.41, 5.74) is 3.01. The van der Waals surface area contributed by atoms with Crippen LogP contribution < -0.4 is 4.74 Å². The van der Waals surface area contributed by atoms with Gasteiger partial charge in [0.05, 0.1) is 6.61 Å². The first kappa shape index (κ1) is 11.1. The fourth-order valence-electron chi connectivity index (χ4n) is 3.14. The van der Waals surface area contributed by atoms with Gasteiger partial charge >= 0.3 is 0 Å². The van der Waals surface area contributed by atoms with Gasteiger partial charge < -0.3 is 4.74 Å². The predicted octanol–water partition coefficient (Wildman–Crippen LogP) is 2.66. The van der Waals surface area contributed by atoms with Gasteiger partial charge in [0.2, 0.25) is 0 Å². The van der Waals surface area contributed by atoms with Crippen molar-refractivity contribution in [3.63, 3.8) is 0 Å². The van der Waals surface area contributed by atoms with Crippen LogP contribution in [0.2, 0.25) is 6.04 Å². The summed E-state index contributed by atoms with van der Waals surface area (Å²) in [6, 6.07) is 9.92. The maximum Gasteiger partial charge on any atom is 0.119 e. The Morgan fingerprint density at radius 1 is 1.18 bits per heavy atom. The van der Waals surface area contributed by atoms with Crippen LogP contribution in [0.1, 0.15) is 24.8 Å². The van der Waals surface area contributed by atoms with Crippen LogP contribution in [0.15, 0.2) is 30.3 Å². The van der Waals surface area contributed by atoms with Crippen molar-refractivity contribution < 1.29 is 4.74 Å². The van der Waals surface area contributed by atoms with Gasteiger partial charge in [0.1, 0.15) is 5.75 Å². The molecule has 2 aliphatic carbocycles. The first-order valence-corrected chi connectivity index (χ1v) is 8.23. The zero-order chi connectivity index (χ0) is 11.7. The van der Waals surface area contributed by atoms with Crippen molar-refractivity contribution >= 4 is 15.8 Å². The molecule has 0 N–H and O–H groups in total. The summed E-state index contributed by atoms with van der Waals surface area (Å²) in [6.45, 7) is 0.874. The van der Waals surface area contributed by atoms with E-state index in [0.717, 1.165) is 24.2 Å². The number of fused-ring (bicyclic) bond motifs is 2. The molecule has 0 aromatic heterocycles. The maximum absolute atomic E-state index is 5.65. The second kappa shape index (κ2) is 4.69. The number of hydrogen-bond acceptors (Lipinski definition) is 1. The monoisotopic (exact) mass is 244 g/mol. The Kier molecular flexibility index (Phi) is 3.06. The van der Waals surface area contributed by atoms with E-state index in [1.54, 1.807) is 5.57 Å². The Hall–Kier alpha value is -1.02. The zero-order valence-electron chi connectivity index (χ0n) is 10.5. The Morgan fingerprint density at radius 2 is 2.00 bits per heavy atom. The minimum absolute atomic E-state index is 0.841. The molecule has 0 radical (unpaired) electrons. The lowest BCUT2D eigenvalue weighted by Crippen LogP contribution is -1.98. The predicted molar refractivity (Wildman–Crippen MR) is 75.5 cm³/mol. The topological polar surface area (TPSA) is 9.23 Å². The van der Waals surface area contributed by atoms with Gasteiger partial charge in [-0.05, 0) is 60.4 Å². The minimum Gasteiger partial charge on any atom is -0.494 e. The van der Waals surface area contributed by atoms with E-state index >= 15 is 0 Å². The average Bonchev–Trinajstić information content (AvgIpc) is 2.99. The van der Waals surface area contributed by atoms with Gasteiger partial charge in [0.15, 0.2) is 0 Å². The summed E-state index contributed by atoms with van der Waals surface area (Å²) in [7, 11) is 1.22. The second-order valence-corrected chi connectivity index (χ2v) is 6.26. The van der Waals surface area contributed by atoms with Gasteiger partial charge in [-0.1, -0.05) is 18.2 Å². The van der Waals surface area contributed by atoms with Crippen LogP contribution >= 0.6 is 0 Å². The van der Waals surface area contributed by atoms with Crippen LogP contribution in [0.3, 0.4) is 0 Å². The summed E-state index contributed by atoms with van der Waals surface area (Å²) in [5.74, 6) is 2.73. The lowest BCUT2D eigenvalue weighted by molar-refractivity contribution is 0.340. The van der Waals surface area contributed by atoms with E-state index in [2.05, 4.69) is 30.3 Å². The van der Waals surface area contributed by atoms with Crippen LogP contribution in [0.25, 0.3) is 5.57 Å². The van der Waals surface area contributed by atoms with Crippen molar-refractivity contribution in [1.82, 2.24) is 0 Å². The highest BCUT2D eigenvalue weighted by Crippen LogP contribution is 2.47. The van der Waals surface area contributed by atoms with Crippen LogP contribution in [0.4, 0.5) is 0 Å². The number of ether oxygens (including phenoxy) is 1. The molecule has 2 heteroatoms. The second-order valence-electron chi connectivity index (χ2n) is 5.26. The van der Waals surface area contributed by atoms with Crippen molar-refractivity contribution in [2.24, 2.45) is 11.8 Å². The van der Waals surface area contributed by atoms with E-state index in [4.69, 9.17) is 4.74 Å². The summed E-state index contributed by atoms with van der Waals surface area (Å²) in [6.07, 6.45) is 6.71. The third-order valence-electron chi connectivity index (χ3n) is 3.99. The molecule has 0 saturated heterocycles. The van der Waals surface area contributed by atoms with Crippen molar-refractivity contribution in [2.75, 3.05) is 6.61 Å². The molecule has 2 atom stereocenters. The largest absolute Gasteiger partial charge is 0.494 e. The highest BCUT2D eigenvalue weighted by Gasteiger charge is 2.32. The molecule has 0 heterocycles. The number of hydrogen-bond donors (Lipinski definition) is 0. The van der Waals surface area contributed by atoms with Gasteiger partial charge in [-0.15, -0.1) is 0 Å². The molecule has 1 aromatic rings. The molecule has 1 aromatic carbocycles. The van der Waals surface area contributed by atoms with Gasteiger partial charge in [0, 0.05) is 10.2 Å². The number of allylic oxidation sites excluding steroid dienone is 2. The molecular formula is C15H20OSi. The van der Waals surface area contributed by atoms with E-state index < -0.39 is 0 Å². The van der Waals surface area contributed by atoms with Gasteiger partial charge in [-0.25, -0.2) is 0 Å². The van der Waals surface area contributed by atoms with E-state index in [1.807, 2.05) is 0 Å². The molecule has 0 amide bonds. The fraction of sp³-hybridized carbons (Fsp3) is 0.467. The molecule has 0 spiro atoms. The third kappa shape index (κ3) is 2.18. The summed E-state index contributed by atoms with van der Waals surface area (Å²) < 4.78 is 5.65. The van der Waals surface area contributed by atoms with Crippen LogP contribution in [-0.2, 0) is 0 Å². The van der Waals surface area contributed by atoms with E-state index in [1.165, 1.54) is 41.1 Å². The Labute approximate surface area is 106 Å². The first-order chi connectivity index (χ1) is 8.36. The number of benzene rings is 1. The molecule has 2 bridgehead atoms. The first-order valence-electron chi connectivity index (χ1n) is 6.81. The fourth-order valence-corrected chi connectivity index (χ4v) is 3.34. The highest BCUT2D eigenvalue weighted by molar-refractivity contribution is 6.08. The normalized spacial score (nSPS) is 26.2. The third-order valence-corrected chi connectivity index (χ3v) is 4.40. The molecule has 0 aliphatic heterocycles. The summed E-state index contributed by atoms with van der Waals surface area (Å²) >= 11 is 0. The summed E-state index contributed by atoms with van der Waals surface area (Å²) in [5, 5.41) is 0. The van der Waals surface area contributed by atoms with Crippen molar-refractivity contribution in [3.05, 3.63) is 35.9 Å². The van der Waals surface area contributed by atoms with Gasteiger partial charge in [0.25, 0.3) is 0 Å². The molecule has 1 saturated carbocycles. The van der Waals surface area contributed by atoms with Gasteiger partial charge in [-0.2, -0.15) is 0 Å². The molecule has 3 rings (SSSR count). The minimum atomic E-state index is 0.841. The Bertz CT molecular complexity index is 421. The van der Waals surface area contributed by atoms with Crippen LogP contribution in [-0.4, -0.2) is 16.8 Å². The van der Waals surface area contributed by atoms with Crippen molar-refractivity contribution in [1.29, 1.82) is 0 Å². The average molecular weight is 244 g/mol. The Morgan fingerprint density at radius 3 is 2.59 bits per heavy atom. The molecule has 2 aliphatic rings. The molecule has 90 valence electrons. The SMILES string of the molecule is [SiH3]CCOc1ccc(C2=CC3CCC2C3)cc1. The van der Waals surface area contributed by atoms with Gasteiger partial charge in [-0.3, -0.25) is 0 Å². The van der Waals surface area contributed by atoms with Crippen LogP contribution in [0.5, 0.6) is 5.75 Å². The quantitative estimate of drug-likeness (QED) is 0.740. The lowest BCUT2D eigenvalue weighted by atomic mass is 9.92. The van der Waals surface area contributed by atoms with E-state index in [9.17, 15) is 0 Å². The number of rotatable bonds is 4. The molecule has 2 unspecified atom stereocenters. The molecule has 1 nitrogen and oxygen atoms in total. The molecule has 1 fully saturated rings. The smallest absolute Gasteiger partial charge is 0.119 e. The molecule has 17 heavy (non-hydrogen) atoms. The van der Waals surface area contributed by atoms with Crippen molar-refractivity contribution in [2.45, 2.75) is 25.3 Å². The van der Waals surface area contributed by atoms with Crippen molar-refractivity contribution in [3.8, 4) is 5.75 Å².